The molecule has 1 aromatic rings. The molecule has 1 aromatic heterocycles. The van der Waals surface area contributed by atoms with E-state index in [2.05, 4.69) is 20.7 Å². The minimum absolute atomic E-state index is 0.301. The van der Waals surface area contributed by atoms with Gasteiger partial charge >= 0.3 is 0 Å². The summed E-state index contributed by atoms with van der Waals surface area (Å²) in [5.41, 5.74) is 0.424. The summed E-state index contributed by atoms with van der Waals surface area (Å²) in [6.45, 7) is 5.90. The molecule has 1 spiro atoms. The maximum absolute atomic E-state index is 5.97. The number of hydrogen-bond donors (Lipinski definition) is 2. The van der Waals surface area contributed by atoms with Crippen molar-refractivity contribution in [1.29, 1.82) is 0 Å². The van der Waals surface area contributed by atoms with Gasteiger partial charge in [-0.25, -0.2) is 4.68 Å². The standard InChI is InChI=1S/C13H23N5O/c1-10-16-12(18(2)17-10)15-8-11-7-13(9-19-11)3-5-14-6-4-13/h11,14H,3-9H2,1-2H3,(H,15,16,17). The summed E-state index contributed by atoms with van der Waals surface area (Å²) in [6.07, 6.45) is 3.95. The summed E-state index contributed by atoms with van der Waals surface area (Å²) in [5.74, 6) is 1.62. The van der Waals surface area contributed by atoms with Crippen molar-refractivity contribution in [3.63, 3.8) is 0 Å². The number of piperidine rings is 1. The molecule has 6 nitrogen and oxygen atoms in total. The highest BCUT2D eigenvalue weighted by Gasteiger charge is 2.40. The first-order chi connectivity index (χ1) is 9.17. The second-order valence-electron chi connectivity index (χ2n) is 5.87. The molecule has 2 aliphatic rings. The molecule has 2 N–H and O–H groups in total. The lowest BCUT2D eigenvalue weighted by molar-refractivity contribution is 0.0923. The van der Waals surface area contributed by atoms with Crippen LogP contribution in [0.5, 0.6) is 0 Å². The van der Waals surface area contributed by atoms with Gasteiger partial charge in [0, 0.05) is 13.6 Å². The van der Waals surface area contributed by atoms with Crippen LogP contribution in [0.3, 0.4) is 0 Å². The van der Waals surface area contributed by atoms with Crippen molar-refractivity contribution in [1.82, 2.24) is 20.1 Å². The average Bonchev–Trinajstić information content (AvgIpc) is 2.92. The number of nitrogens with one attached hydrogen (secondary N) is 2. The monoisotopic (exact) mass is 265 g/mol. The molecule has 1 atom stereocenters. The Morgan fingerprint density at radius 2 is 2.26 bits per heavy atom. The van der Waals surface area contributed by atoms with Crippen LogP contribution >= 0.6 is 0 Å². The molecule has 2 fully saturated rings. The fraction of sp³-hybridized carbons (Fsp3) is 0.846. The molecule has 0 amide bonds. The lowest BCUT2D eigenvalue weighted by Crippen LogP contribution is -2.37. The Morgan fingerprint density at radius 3 is 2.95 bits per heavy atom. The van der Waals surface area contributed by atoms with Gasteiger partial charge in [0.15, 0.2) is 0 Å². The first kappa shape index (κ1) is 12.9. The van der Waals surface area contributed by atoms with Crippen LogP contribution in [0.4, 0.5) is 5.95 Å². The van der Waals surface area contributed by atoms with Crippen molar-refractivity contribution < 1.29 is 4.74 Å². The Balaban J connectivity index is 1.53. The molecule has 3 heterocycles. The number of hydrogen-bond acceptors (Lipinski definition) is 5. The van der Waals surface area contributed by atoms with E-state index in [1.54, 1.807) is 4.68 Å². The van der Waals surface area contributed by atoms with E-state index in [0.717, 1.165) is 38.0 Å². The van der Waals surface area contributed by atoms with Crippen LogP contribution in [0.1, 0.15) is 25.1 Å². The fourth-order valence-corrected chi connectivity index (χ4v) is 3.20. The highest BCUT2D eigenvalue weighted by atomic mass is 16.5. The highest BCUT2D eigenvalue weighted by molar-refractivity contribution is 5.24. The van der Waals surface area contributed by atoms with E-state index >= 15 is 0 Å². The van der Waals surface area contributed by atoms with E-state index in [-0.39, 0.29) is 0 Å². The molecule has 3 rings (SSSR count). The SMILES string of the molecule is Cc1nc(NCC2CC3(CCNCC3)CO2)n(C)n1. The quantitative estimate of drug-likeness (QED) is 0.842. The molecule has 2 aliphatic heterocycles. The number of aromatic nitrogens is 3. The number of rotatable bonds is 3. The van der Waals surface area contributed by atoms with E-state index in [0.29, 0.717) is 11.5 Å². The Bertz CT molecular complexity index is 438. The average molecular weight is 265 g/mol. The Morgan fingerprint density at radius 1 is 1.47 bits per heavy atom. The summed E-state index contributed by atoms with van der Waals surface area (Å²) >= 11 is 0. The molecule has 0 aliphatic carbocycles. The van der Waals surface area contributed by atoms with Crippen molar-refractivity contribution in [2.24, 2.45) is 12.5 Å². The van der Waals surface area contributed by atoms with Crippen LogP contribution in [0.2, 0.25) is 0 Å². The summed E-state index contributed by atoms with van der Waals surface area (Å²) in [6, 6.07) is 0. The molecule has 0 saturated carbocycles. The summed E-state index contributed by atoms with van der Waals surface area (Å²) in [4.78, 5) is 4.35. The largest absolute Gasteiger partial charge is 0.376 e. The summed E-state index contributed by atoms with van der Waals surface area (Å²) in [7, 11) is 1.91. The molecule has 0 bridgehead atoms. The molecule has 2 saturated heterocycles. The zero-order valence-corrected chi connectivity index (χ0v) is 11.8. The van der Waals surface area contributed by atoms with Crippen molar-refractivity contribution in [3.05, 3.63) is 5.82 Å². The lowest BCUT2D eigenvalue weighted by Gasteiger charge is -2.32. The van der Waals surface area contributed by atoms with Gasteiger partial charge in [0.2, 0.25) is 5.95 Å². The third-order valence-corrected chi connectivity index (χ3v) is 4.31. The zero-order valence-electron chi connectivity index (χ0n) is 11.8. The summed E-state index contributed by atoms with van der Waals surface area (Å²) < 4.78 is 7.75. The van der Waals surface area contributed by atoms with E-state index in [4.69, 9.17) is 4.74 Å². The number of nitrogens with zero attached hydrogens (tertiary/aromatic N) is 3. The molecule has 0 aromatic carbocycles. The van der Waals surface area contributed by atoms with Crippen LogP contribution in [0, 0.1) is 12.3 Å². The van der Waals surface area contributed by atoms with Crippen LogP contribution in [0.15, 0.2) is 0 Å². The minimum atomic E-state index is 0.301. The van der Waals surface area contributed by atoms with Crippen molar-refractivity contribution >= 4 is 5.95 Å². The predicted octanol–water partition coefficient (Wildman–Crippen LogP) is 0.694. The normalized spacial score (nSPS) is 25.9. The van der Waals surface area contributed by atoms with Gasteiger partial charge in [0.25, 0.3) is 0 Å². The minimum Gasteiger partial charge on any atom is -0.376 e. The van der Waals surface area contributed by atoms with Crippen LogP contribution in [-0.4, -0.2) is 47.1 Å². The van der Waals surface area contributed by atoms with Crippen LogP contribution < -0.4 is 10.6 Å². The third kappa shape index (κ3) is 2.74. The molecule has 19 heavy (non-hydrogen) atoms. The van der Waals surface area contributed by atoms with Gasteiger partial charge in [0.1, 0.15) is 5.82 Å². The van der Waals surface area contributed by atoms with E-state index in [1.807, 2.05) is 14.0 Å². The van der Waals surface area contributed by atoms with E-state index < -0.39 is 0 Å². The van der Waals surface area contributed by atoms with E-state index in [1.165, 1.54) is 19.3 Å². The molecular formula is C13H23N5O. The zero-order chi connectivity index (χ0) is 13.3. The maximum atomic E-state index is 5.97. The third-order valence-electron chi connectivity index (χ3n) is 4.31. The second-order valence-corrected chi connectivity index (χ2v) is 5.87. The smallest absolute Gasteiger partial charge is 0.221 e. The Kier molecular flexibility index (Phi) is 3.45. The Labute approximate surface area is 113 Å². The van der Waals surface area contributed by atoms with Gasteiger partial charge in [-0.15, -0.1) is 0 Å². The van der Waals surface area contributed by atoms with Gasteiger partial charge in [-0.1, -0.05) is 0 Å². The van der Waals surface area contributed by atoms with Crippen LogP contribution in [-0.2, 0) is 11.8 Å². The van der Waals surface area contributed by atoms with Gasteiger partial charge < -0.3 is 15.4 Å². The fourth-order valence-electron chi connectivity index (χ4n) is 3.20. The van der Waals surface area contributed by atoms with E-state index in [9.17, 15) is 0 Å². The Hall–Kier alpha value is -1.14. The van der Waals surface area contributed by atoms with Gasteiger partial charge in [-0.2, -0.15) is 10.1 Å². The lowest BCUT2D eigenvalue weighted by atomic mass is 9.77. The highest BCUT2D eigenvalue weighted by Crippen LogP contribution is 2.40. The molecule has 106 valence electrons. The first-order valence-electron chi connectivity index (χ1n) is 7.11. The van der Waals surface area contributed by atoms with Crippen molar-refractivity contribution in [3.8, 4) is 0 Å². The van der Waals surface area contributed by atoms with Crippen molar-refractivity contribution in [2.45, 2.75) is 32.3 Å². The molecule has 6 heteroatoms. The second kappa shape index (κ2) is 5.09. The molecule has 1 unspecified atom stereocenters. The summed E-state index contributed by atoms with van der Waals surface area (Å²) in [5, 5.41) is 11.0. The number of ether oxygens (including phenoxy) is 1. The number of anilines is 1. The topological polar surface area (TPSA) is 64.0 Å². The van der Waals surface area contributed by atoms with Crippen LogP contribution in [0.25, 0.3) is 0 Å². The maximum Gasteiger partial charge on any atom is 0.221 e. The first-order valence-corrected chi connectivity index (χ1v) is 7.11. The molecular weight excluding hydrogens is 242 g/mol. The molecule has 0 radical (unpaired) electrons. The van der Waals surface area contributed by atoms with Gasteiger partial charge in [-0.3, -0.25) is 0 Å². The predicted molar refractivity (Wildman–Crippen MR) is 73.1 cm³/mol. The van der Waals surface area contributed by atoms with Gasteiger partial charge in [-0.05, 0) is 44.7 Å². The van der Waals surface area contributed by atoms with Gasteiger partial charge in [0.05, 0.1) is 12.7 Å². The van der Waals surface area contributed by atoms with Crippen molar-refractivity contribution in [2.75, 3.05) is 31.6 Å². The number of aryl methyl sites for hydroxylation is 2.